The van der Waals surface area contributed by atoms with E-state index in [1.165, 1.54) is 18.6 Å². The van der Waals surface area contributed by atoms with Gasteiger partial charge >= 0.3 is 5.97 Å². The number of carbonyl (C=O) groups excluding carboxylic acids is 1. The van der Waals surface area contributed by atoms with Gasteiger partial charge < -0.3 is 4.74 Å². The second-order valence-electron chi connectivity index (χ2n) is 1.50. The van der Waals surface area contributed by atoms with Crippen molar-refractivity contribution in [1.82, 2.24) is 0 Å². The molecule has 0 radical (unpaired) electrons. The molecule has 0 aromatic carbocycles. The SMILES string of the molecule is CCS(=O)/C=C/C(=O)OC. The number of methoxy groups -OCH3 is 1. The second-order valence-corrected chi connectivity index (χ2v) is 3.11. The third-order valence-corrected chi connectivity index (χ3v) is 1.85. The first-order valence-corrected chi connectivity index (χ1v) is 4.22. The van der Waals surface area contributed by atoms with Gasteiger partial charge in [-0.3, -0.25) is 4.21 Å². The van der Waals surface area contributed by atoms with Crippen LogP contribution in [-0.4, -0.2) is 23.0 Å². The van der Waals surface area contributed by atoms with Crippen LogP contribution in [0.3, 0.4) is 0 Å². The molecule has 1 atom stereocenters. The van der Waals surface area contributed by atoms with E-state index in [-0.39, 0.29) is 0 Å². The fraction of sp³-hybridized carbons (Fsp3) is 0.500. The molecular weight excluding hydrogens is 152 g/mol. The second kappa shape index (κ2) is 5.17. The van der Waals surface area contributed by atoms with E-state index >= 15 is 0 Å². The van der Waals surface area contributed by atoms with E-state index < -0.39 is 16.8 Å². The number of rotatable bonds is 3. The minimum atomic E-state index is -1.03. The van der Waals surface area contributed by atoms with Crippen molar-refractivity contribution >= 4 is 16.8 Å². The summed E-state index contributed by atoms with van der Waals surface area (Å²) < 4.78 is 14.9. The predicted octanol–water partition coefficient (Wildman–Crippen LogP) is 0.442. The van der Waals surface area contributed by atoms with Gasteiger partial charge in [0.15, 0.2) is 0 Å². The number of ether oxygens (including phenoxy) is 1. The molecule has 4 heteroatoms. The minimum absolute atomic E-state index is 0.471. The van der Waals surface area contributed by atoms with Crippen molar-refractivity contribution < 1.29 is 13.7 Å². The Hall–Kier alpha value is -0.640. The monoisotopic (exact) mass is 162 g/mol. The summed E-state index contributed by atoms with van der Waals surface area (Å²) in [6.07, 6.45) is 1.17. The van der Waals surface area contributed by atoms with Crippen LogP contribution < -0.4 is 0 Å². The van der Waals surface area contributed by atoms with Gasteiger partial charge in [0, 0.05) is 28.0 Å². The van der Waals surface area contributed by atoms with Crippen molar-refractivity contribution in [1.29, 1.82) is 0 Å². The molecule has 1 unspecified atom stereocenters. The third kappa shape index (κ3) is 4.26. The third-order valence-electron chi connectivity index (χ3n) is 0.842. The minimum Gasteiger partial charge on any atom is -0.466 e. The molecule has 0 spiro atoms. The van der Waals surface area contributed by atoms with Crippen LogP contribution in [-0.2, 0) is 20.3 Å². The highest BCUT2D eigenvalue weighted by Crippen LogP contribution is 1.85. The van der Waals surface area contributed by atoms with Gasteiger partial charge in [-0.05, 0) is 0 Å². The Morgan fingerprint density at radius 1 is 1.70 bits per heavy atom. The Morgan fingerprint density at radius 3 is 2.70 bits per heavy atom. The Kier molecular flexibility index (Phi) is 4.84. The first kappa shape index (κ1) is 9.36. The molecule has 0 aliphatic rings. The average molecular weight is 162 g/mol. The lowest BCUT2D eigenvalue weighted by Crippen LogP contribution is -1.95. The lowest BCUT2D eigenvalue weighted by Gasteiger charge is -1.88. The molecule has 10 heavy (non-hydrogen) atoms. The summed E-state index contributed by atoms with van der Waals surface area (Å²) in [5, 5.41) is 1.33. The number of carbonyl (C=O) groups is 1. The molecule has 58 valence electrons. The maximum absolute atomic E-state index is 10.6. The Labute approximate surface area is 62.5 Å². The Bertz CT molecular complexity index is 144. The van der Waals surface area contributed by atoms with E-state index in [1.54, 1.807) is 6.92 Å². The van der Waals surface area contributed by atoms with Crippen LogP contribution in [0.4, 0.5) is 0 Å². The fourth-order valence-corrected chi connectivity index (χ4v) is 0.751. The van der Waals surface area contributed by atoms with Crippen LogP contribution in [0, 0.1) is 0 Å². The van der Waals surface area contributed by atoms with E-state index in [0.717, 1.165) is 0 Å². The van der Waals surface area contributed by atoms with Crippen molar-refractivity contribution in [2.75, 3.05) is 12.9 Å². The molecule has 3 nitrogen and oxygen atoms in total. The standard InChI is InChI=1S/C6H10O3S/c1-3-10(8)5-4-6(7)9-2/h4-5H,3H2,1-2H3/b5-4+. The van der Waals surface area contributed by atoms with Crippen molar-refractivity contribution in [2.45, 2.75) is 6.92 Å². The highest BCUT2D eigenvalue weighted by atomic mass is 32.2. The molecule has 0 saturated heterocycles. The summed E-state index contributed by atoms with van der Waals surface area (Å²) in [6, 6.07) is 0. The molecule has 0 bridgehead atoms. The van der Waals surface area contributed by atoms with Gasteiger partial charge in [0.05, 0.1) is 7.11 Å². The van der Waals surface area contributed by atoms with E-state index in [1.807, 2.05) is 0 Å². The van der Waals surface area contributed by atoms with Gasteiger partial charge in [0.25, 0.3) is 0 Å². The van der Waals surface area contributed by atoms with Crippen LogP contribution in [0.5, 0.6) is 0 Å². The first-order valence-electron chi connectivity index (χ1n) is 2.84. The van der Waals surface area contributed by atoms with Crippen LogP contribution in [0.2, 0.25) is 0 Å². The highest BCUT2D eigenvalue weighted by Gasteiger charge is 1.91. The zero-order valence-electron chi connectivity index (χ0n) is 5.99. The lowest BCUT2D eigenvalue weighted by molar-refractivity contribution is -0.134. The van der Waals surface area contributed by atoms with Crippen molar-refractivity contribution in [3.05, 3.63) is 11.5 Å². The van der Waals surface area contributed by atoms with Gasteiger partial charge in [-0.1, -0.05) is 6.92 Å². The lowest BCUT2D eigenvalue weighted by atomic mass is 10.7. The van der Waals surface area contributed by atoms with Crippen molar-refractivity contribution in [3.8, 4) is 0 Å². The molecule has 0 aliphatic carbocycles. The number of esters is 1. The molecule has 0 aliphatic heterocycles. The van der Waals surface area contributed by atoms with E-state index in [9.17, 15) is 9.00 Å². The quantitative estimate of drug-likeness (QED) is 0.447. The molecule has 0 aromatic heterocycles. The van der Waals surface area contributed by atoms with Crippen LogP contribution >= 0.6 is 0 Å². The molecule has 0 fully saturated rings. The molecule has 0 rings (SSSR count). The van der Waals surface area contributed by atoms with E-state index in [2.05, 4.69) is 4.74 Å². The maximum atomic E-state index is 10.6. The fourth-order valence-electron chi connectivity index (χ4n) is 0.296. The topological polar surface area (TPSA) is 43.4 Å². The molecule has 0 amide bonds. The van der Waals surface area contributed by atoms with Crippen LogP contribution in [0.25, 0.3) is 0 Å². The van der Waals surface area contributed by atoms with E-state index in [4.69, 9.17) is 0 Å². The van der Waals surface area contributed by atoms with Gasteiger partial charge in [0.2, 0.25) is 0 Å². The predicted molar refractivity (Wildman–Crippen MR) is 39.8 cm³/mol. The molecule has 0 aromatic rings. The van der Waals surface area contributed by atoms with Crippen LogP contribution in [0.15, 0.2) is 11.5 Å². The van der Waals surface area contributed by atoms with Crippen molar-refractivity contribution in [2.24, 2.45) is 0 Å². The zero-order chi connectivity index (χ0) is 7.98. The smallest absolute Gasteiger partial charge is 0.331 e. The van der Waals surface area contributed by atoms with Gasteiger partial charge in [-0.25, -0.2) is 4.79 Å². The van der Waals surface area contributed by atoms with E-state index in [0.29, 0.717) is 5.75 Å². The number of hydrogen-bond acceptors (Lipinski definition) is 3. The normalized spacial score (nSPS) is 13.4. The van der Waals surface area contributed by atoms with Crippen LogP contribution in [0.1, 0.15) is 6.92 Å². The average Bonchev–Trinajstić information content (AvgIpc) is 1.99. The maximum Gasteiger partial charge on any atom is 0.331 e. The molecular formula is C6H10O3S. The van der Waals surface area contributed by atoms with Gasteiger partial charge in [-0.2, -0.15) is 0 Å². The largest absolute Gasteiger partial charge is 0.466 e. The summed E-state index contributed by atoms with van der Waals surface area (Å²) >= 11 is 0. The summed E-state index contributed by atoms with van der Waals surface area (Å²) in [5.74, 6) is 0.0508. The Balaban J connectivity index is 3.75. The highest BCUT2D eigenvalue weighted by molar-refractivity contribution is 7.87. The summed E-state index contributed by atoms with van der Waals surface area (Å²) in [4.78, 5) is 10.4. The van der Waals surface area contributed by atoms with Gasteiger partial charge in [0.1, 0.15) is 0 Å². The number of hydrogen-bond donors (Lipinski definition) is 0. The molecule has 0 N–H and O–H groups in total. The molecule has 0 saturated carbocycles. The van der Waals surface area contributed by atoms with Crippen molar-refractivity contribution in [3.63, 3.8) is 0 Å². The molecule has 0 heterocycles. The van der Waals surface area contributed by atoms with Gasteiger partial charge in [-0.15, -0.1) is 0 Å². The first-order chi connectivity index (χ1) is 4.70. The Morgan fingerprint density at radius 2 is 2.30 bits per heavy atom. The summed E-state index contributed by atoms with van der Waals surface area (Å²) in [5.41, 5.74) is 0. The summed E-state index contributed by atoms with van der Waals surface area (Å²) in [6.45, 7) is 1.78. The summed E-state index contributed by atoms with van der Waals surface area (Å²) in [7, 11) is 0.249. The zero-order valence-corrected chi connectivity index (χ0v) is 6.81.